The summed E-state index contributed by atoms with van der Waals surface area (Å²) in [5.41, 5.74) is 2.16. The van der Waals surface area contributed by atoms with Crippen LogP contribution < -0.4 is 5.32 Å². The molecule has 1 aromatic heterocycles. The molecule has 0 bridgehead atoms. The number of nitrogens with one attached hydrogen (secondary N) is 1. The van der Waals surface area contributed by atoms with Gasteiger partial charge in [-0.25, -0.2) is 0 Å². The number of halogens is 1. The van der Waals surface area contributed by atoms with Crippen molar-refractivity contribution in [3.05, 3.63) is 40.5 Å². The van der Waals surface area contributed by atoms with E-state index in [-0.39, 0.29) is 0 Å². The van der Waals surface area contributed by atoms with E-state index in [0.717, 1.165) is 39.3 Å². The second kappa shape index (κ2) is 6.46. The van der Waals surface area contributed by atoms with Gasteiger partial charge < -0.3 is 5.32 Å². The van der Waals surface area contributed by atoms with Gasteiger partial charge in [-0.05, 0) is 37.2 Å². The number of benzene rings is 1. The first-order chi connectivity index (χ1) is 9.10. The third-order valence-electron chi connectivity index (χ3n) is 2.77. The molecule has 0 aliphatic rings. The quantitative estimate of drug-likeness (QED) is 0.913. The van der Waals surface area contributed by atoms with Gasteiger partial charge >= 0.3 is 0 Å². The molecule has 0 spiro atoms. The Balaban J connectivity index is 2.13. The second-order valence-electron chi connectivity index (χ2n) is 4.38. The highest BCUT2D eigenvalue weighted by Crippen LogP contribution is 2.30. The minimum Gasteiger partial charge on any atom is -0.313 e. The maximum atomic E-state index is 6.30. The Hall–Kier alpha value is -0.970. The molecule has 0 aliphatic heterocycles. The average Bonchev–Trinajstić information content (AvgIpc) is 2.67. The van der Waals surface area contributed by atoms with Crippen molar-refractivity contribution in [1.29, 1.82) is 0 Å². The summed E-state index contributed by atoms with van der Waals surface area (Å²) in [6.07, 6.45) is 0. The molecule has 2 aromatic rings. The molecule has 1 aromatic carbocycles. The molecule has 0 saturated carbocycles. The van der Waals surface area contributed by atoms with Gasteiger partial charge in [-0.1, -0.05) is 36.4 Å². The highest BCUT2D eigenvalue weighted by molar-refractivity contribution is 7.99. The first-order valence-corrected chi connectivity index (χ1v) is 7.47. The van der Waals surface area contributed by atoms with E-state index in [9.17, 15) is 0 Å². The molecule has 5 heteroatoms. The van der Waals surface area contributed by atoms with Crippen molar-refractivity contribution in [1.82, 2.24) is 15.1 Å². The maximum absolute atomic E-state index is 6.30. The Morgan fingerprint density at radius 3 is 2.74 bits per heavy atom. The van der Waals surface area contributed by atoms with Gasteiger partial charge in [0.2, 0.25) is 0 Å². The standard InChI is InChI=1S/C14H18ClN3S/c1-4-16-9-11-5-6-12(8-13(11)15)19-14-7-10(2)17-18(14)3/h5-8,16H,4,9H2,1-3H3. The van der Waals surface area contributed by atoms with E-state index in [4.69, 9.17) is 11.6 Å². The summed E-state index contributed by atoms with van der Waals surface area (Å²) in [6.45, 7) is 5.84. The van der Waals surface area contributed by atoms with Crippen molar-refractivity contribution < 1.29 is 0 Å². The Morgan fingerprint density at radius 2 is 2.16 bits per heavy atom. The summed E-state index contributed by atoms with van der Waals surface area (Å²) in [7, 11) is 1.95. The Bertz CT molecular complexity index is 566. The van der Waals surface area contributed by atoms with Gasteiger partial charge in [-0.2, -0.15) is 5.10 Å². The summed E-state index contributed by atoms with van der Waals surface area (Å²) < 4.78 is 1.89. The average molecular weight is 296 g/mol. The van der Waals surface area contributed by atoms with E-state index < -0.39 is 0 Å². The van der Waals surface area contributed by atoms with Crippen LogP contribution in [0.3, 0.4) is 0 Å². The molecule has 0 fully saturated rings. The molecular weight excluding hydrogens is 278 g/mol. The Labute approximate surface area is 123 Å². The SMILES string of the molecule is CCNCc1ccc(Sc2cc(C)nn2C)cc1Cl. The molecule has 0 radical (unpaired) electrons. The van der Waals surface area contributed by atoms with Crippen LogP contribution in [0.4, 0.5) is 0 Å². The third kappa shape index (κ3) is 3.75. The van der Waals surface area contributed by atoms with Crippen LogP contribution >= 0.6 is 23.4 Å². The van der Waals surface area contributed by atoms with E-state index in [0.29, 0.717) is 0 Å². The molecule has 0 atom stereocenters. The van der Waals surface area contributed by atoms with Crippen molar-refractivity contribution >= 4 is 23.4 Å². The topological polar surface area (TPSA) is 29.9 Å². The van der Waals surface area contributed by atoms with Crippen LogP contribution in [0, 0.1) is 6.92 Å². The van der Waals surface area contributed by atoms with Crippen molar-refractivity contribution in [2.24, 2.45) is 7.05 Å². The molecule has 1 N–H and O–H groups in total. The molecule has 0 unspecified atom stereocenters. The molecule has 0 aliphatic carbocycles. The third-order valence-corrected chi connectivity index (χ3v) is 4.20. The zero-order valence-corrected chi connectivity index (χ0v) is 13.0. The fraction of sp³-hybridized carbons (Fsp3) is 0.357. The summed E-state index contributed by atoms with van der Waals surface area (Å²) in [5, 5.41) is 9.55. The molecule has 19 heavy (non-hydrogen) atoms. The van der Waals surface area contributed by atoms with Gasteiger partial charge in [0.25, 0.3) is 0 Å². The van der Waals surface area contributed by atoms with Crippen LogP contribution in [0.2, 0.25) is 5.02 Å². The van der Waals surface area contributed by atoms with Crippen LogP contribution in [0.1, 0.15) is 18.2 Å². The normalized spacial score (nSPS) is 10.9. The molecule has 2 rings (SSSR count). The van der Waals surface area contributed by atoms with Gasteiger partial charge in [0, 0.05) is 23.5 Å². The lowest BCUT2D eigenvalue weighted by Crippen LogP contribution is -2.11. The minimum atomic E-state index is 0.810. The van der Waals surface area contributed by atoms with E-state index in [1.54, 1.807) is 11.8 Å². The van der Waals surface area contributed by atoms with E-state index in [1.165, 1.54) is 0 Å². The van der Waals surface area contributed by atoms with Crippen LogP contribution in [0.15, 0.2) is 34.2 Å². The summed E-state index contributed by atoms with van der Waals surface area (Å²) in [5.74, 6) is 0. The molecule has 3 nitrogen and oxygen atoms in total. The van der Waals surface area contributed by atoms with E-state index in [2.05, 4.69) is 35.5 Å². The Kier molecular flexibility index (Phi) is 4.91. The summed E-state index contributed by atoms with van der Waals surface area (Å²) >= 11 is 7.98. The molecule has 0 saturated heterocycles. The number of aryl methyl sites for hydroxylation is 2. The number of hydrogen-bond donors (Lipinski definition) is 1. The van der Waals surface area contributed by atoms with Crippen molar-refractivity contribution in [2.45, 2.75) is 30.3 Å². The van der Waals surface area contributed by atoms with E-state index >= 15 is 0 Å². The highest BCUT2D eigenvalue weighted by Gasteiger charge is 2.06. The monoisotopic (exact) mass is 295 g/mol. The summed E-state index contributed by atoms with van der Waals surface area (Å²) in [4.78, 5) is 1.13. The largest absolute Gasteiger partial charge is 0.313 e. The minimum absolute atomic E-state index is 0.810. The Morgan fingerprint density at radius 1 is 1.37 bits per heavy atom. The summed E-state index contributed by atoms with van der Waals surface area (Å²) in [6, 6.07) is 8.27. The highest BCUT2D eigenvalue weighted by atomic mass is 35.5. The smallest absolute Gasteiger partial charge is 0.0986 e. The number of aromatic nitrogens is 2. The molecule has 1 heterocycles. The first kappa shape index (κ1) is 14.4. The van der Waals surface area contributed by atoms with E-state index in [1.807, 2.05) is 24.7 Å². The van der Waals surface area contributed by atoms with Crippen molar-refractivity contribution in [2.75, 3.05) is 6.54 Å². The zero-order valence-electron chi connectivity index (χ0n) is 11.4. The fourth-order valence-corrected chi connectivity index (χ4v) is 3.07. The van der Waals surface area contributed by atoms with Crippen LogP contribution in [0.25, 0.3) is 0 Å². The van der Waals surface area contributed by atoms with Gasteiger partial charge in [0.1, 0.15) is 0 Å². The molecule has 0 amide bonds. The number of nitrogens with zero attached hydrogens (tertiary/aromatic N) is 2. The predicted octanol–water partition coefficient (Wildman–Crippen LogP) is 3.64. The van der Waals surface area contributed by atoms with Crippen LogP contribution in [0.5, 0.6) is 0 Å². The molecular formula is C14H18ClN3S. The zero-order chi connectivity index (χ0) is 13.8. The number of hydrogen-bond acceptors (Lipinski definition) is 3. The van der Waals surface area contributed by atoms with Crippen molar-refractivity contribution in [3.63, 3.8) is 0 Å². The fourth-order valence-electron chi connectivity index (χ4n) is 1.80. The van der Waals surface area contributed by atoms with Crippen molar-refractivity contribution in [3.8, 4) is 0 Å². The van der Waals surface area contributed by atoms with Gasteiger partial charge in [0.05, 0.1) is 10.7 Å². The first-order valence-electron chi connectivity index (χ1n) is 6.27. The number of rotatable bonds is 5. The van der Waals surface area contributed by atoms with Crippen LogP contribution in [-0.4, -0.2) is 16.3 Å². The molecule has 102 valence electrons. The van der Waals surface area contributed by atoms with Crippen LogP contribution in [-0.2, 0) is 13.6 Å². The van der Waals surface area contributed by atoms with Gasteiger partial charge in [0.15, 0.2) is 0 Å². The predicted molar refractivity (Wildman–Crippen MR) is 80.9 cm³/mol. The van der Waals surface area contributed by atoms with Gasteiger partial charge in [-0.3, -0.25) is 4.68 Å². The lowest BCUT2D eigenvalue weighted by atomic mass is 10.2. The maximum Gasteiger partial charge on any atom is 0.0986 e. The lowest BCUT2D eigenvalue weighted by molar-refractivity contribution is 0.692. The van der Waals surface area contributed by atoms with Gasteiger partial charge in [-0.15, -0.1) is 0 Å². The second-order valence-corrected chi connectivity index (χ2v) is 5.88. The lowest BCUT2D eigenvalue weighted by Gasteiger charge is -2.07.